The number of carbonyl (C=O) groups excluding carboxylic acids is 1. The fourth-order valence-corrected chi connectivity index (χ4v) is 2.22. The molecular weight excluding hydrogens is 268 g/mol. The van der Waals surface area contributed by atoms with Crippen LogP contribution in [0.1, 0.15) is 28.8 Å². The number of carbonyl (C=O) groups is 1. The van der Waals surface area contributed by atoms with E-state index < -0.39 is 0 Å². The number of benzene rings is 1. The van der Waals surface area contributed by atoms with Crippen molar-refractivity contribution in [3.8, 4) is 0 Å². The summed E-state index contributed by atoms with van der Waals surface area (Å²) in [5.41, 5.74) is 8.06. The van der Waals surface area contributed by atoms with Crippen LogP contribution in [0.2, 0.25) is 0 Å². The molecule has 1 aliphatic rings. The van der Waals surface area contributed by atoms with Crippen molar-refractivity contribution < 1.29 is 4.79 Å². The molecule has 0 unspecified atom stereocenters. The molecule has 1 aliphatic carbocycles. The number of halogens is 1. The van der Waals surface area contributed by atoms with E-state index in [4.69, 9.17) is 5.73 Å². The maximum Gasteiger partial charge on any atom is 0.254 e. The molecule has 1 saturated carbocycles. The highest BCUT2D eigenvalue weighted by molar-refractivity contribution is 9.10. The van der Waals surface area contributed by atoms with E-state index in [1.54, 1.807) is 0 Å². The molecular formula is C12H15BrN2O. The molecule has 1 fully saturated rings. The first-order valence-electron chi connectivity index (χ1n) is 5.33. The molecule has 2 N–H and O–H groups in total. The van der Waals surface area contributed by atoms with Crippen LogP contribution in [-0.2, 0) is 0 Å². The zero-order chi connectivity index (χ0) is 11.9. The third-order valence-corrected chi connectivity index (χ3v) is 3.52. The van der Waals surface area contributed by atoms with Crippen molar-refractivity contribution in [2.24, 2.45) is 0 Å². The van der Waals surface area contributed by atoms with Gasteiger partial charge in [0.2, 0.25) is 0 Å². The lowest BCUT2D eigenvalue weighted by Gasteiger charge is -2.18. The maximum absolute atomic E-state index is 12.2. The van der Waals surface area contributed by atoms with E-state index in [-0.39, 0.29) is 5.91 Å². The molecule has 4 heteroatoms. The second kappa shape index (κ2) is 4.09. The first kappa shape index (κ1) is 11.5. The smallest absolute Gasteiger partial charge is 0.254 e. The molecule has 16 heavy (non-hydrogen) atoms. The number of anilines is 1. The Morgan fingerprint density at radius 3 is 2.69 bits per heavy atom. The molecule has 3 nitrogen and oxygen atoms in total. The summed E-state index contributed by atoms with van der Waals surface area (Å²) < 4.78 is 0.850. The maximum atomic E-state index is 12.2. The molecule has 0 aliphatic heterocycles. The first-order chi connectivity index (χ1) is 7.50. The predicted molar refractivity (Wildman–Crippen MR) is 68.4 cm³/mol. The predicted octanol–water partition coefficient (Wildman–Crippen LogP) is 2.57. The van der Waals surface area contributed by atoms with Crippen LogP contribution >= 0.6 is 15.9 Å². The molecule has 2 rings (SSSR count). The van der Waals surface area contributed by atoms with Gasteiger partial charge in [-0.1, -0.05) is 15.9 Å². The average Bonchev–Trinajstić information content (AvgIpc) is 3.05. The van der Waals surface area contributed by atoms with Crippen molar-refractivity contribution in [1.82, 2.24) is 4.90 Å². The number of hydrogen-bond donors (Lipinski definition) is 1. The van der Waals surface area contributed by atoms with Crippen LogP contribution in [0, 0.1) is 6.92 Å². The van der Waals surface area contributed by atoms with E-state index in [9.17, 15) is 4.79 Å². The van der Waals surface area contributed by atoms with Gasteiger partial charge in [-0.3, -0.25) is 4.79 Å². The van der Waals surface area contributed by atoms with Gasteiger partial charge in [0.15, 0.2) is 0 Å². The lowest BCUT2D eigenvalue weighted by molar-refractivity contribution is 0.0784. The largest absolute Gasteiger partial charge is 0.398 e. The van der Waals surface area contributed by atoms with Crippen LogP contribution in [0.25, 0.3) is 0 Å². The summed E-state index contributed by atoms with van der Waals surface area (Å²) in [6.07, 6.45) is 2.23. The van der Waals surface area contributed by atoms with Crippen LogP contribution < -0.4 is 5.73 Å². The third kappa shape index (κ3) is 2.07. The number of nitrogens with zero attached hydrogens (tertiary/aromatic N) is 1. The molecule has 1 aromatic carbocycles. The Hall–Kier alpha value is -1.03. The van der Waals surface area contributed by atoms with Crippen molar-refractivity contribution >= 4 is 27.5 Å². The monoisotopic (exact) mass is 282 g/mol. The zero-order valence-corrected chi connectivity index (χ0v) is 11.0. The summed E-state index contributed by atoms with van der Waals surface area (Å²) >= 11 is 3.37. The van der Waals surface area contributed by atoms with Gasteiger partial charge in [0.1, 0.15) is 0 Å². The van der Waals surface area contributed by atoms with E-state index in [1.807, 2.05) is 31.0 Å². The van der Waals surface area contributed by atoms with E-state index in [0.29, 0.717) is 17.3 Å². The Labute approximate surface area is 104 Å². The van der Waals surface area contributed by atoms with Crippen LogP contribution in [0.4, 0.5) is 5.69 Å². The SMILES string of the molecule is Cc1c(N)cc(Br)cc1C(=O)N(C)C1CC1. The Balaban J connectivity index is 2.35. The van der Waals surface area contributed by atoms with E-state index >= 15 is 0 Å². The molecule has 1 amide bonds. The lowest BCUT2D eigenvalue weighted by atomic mass is 10.1. The van der Waals surface area contributed by atoms with Gasteiger partial charge >= 0.3 is 0 Å². The molecule has 0 heterocycles. The standard InChI is InChI=1S/C12H15BrN2O/c1-7-10(5-8(13)6-11(7)14)12(16)15(2)9-3-4-9/h5-6,9H,3-4,14H2,1-2H3. The van der Waals surface area contributed by atoms with Gasteiger partial charge in [-0.15, -0.1) is 0 Å². The van der Waals surface area contributed by atoms with E-state index in [0.717, 1.165) is 22.9 Å². The first-order valence-corrected chi connectivity index (χ1v) is 6.12. The summed E-state index contributed by atoms with van der Waals surface area (Å²) in [7, 11) is 1.86. The Kier molecular flexibility index (Phi) is 2.93. The summed E-state index contributed by atoms with van der Waals surface area (Å²) in [6, 6.07) is 4.09. The number of hydrogen-bond acceptors (Lipinski definition) is 2. The van der Waals surface area contributed by atoms with E-state index in [1.165, 1.54) is 0 Å². The number of nitrogen functional groups attached to an aromatic ring is 1. The van der Waals surface area contributed by atoms with Crippen LogP contribution in [0.5, 0.6) is 0 Å². The number of amides is 1. The van der Waals surface area contributed by atoms with Crippen molar-refractivity contribution in [1.29, 1.82) is 0 Å². The second-order valence-corrected chi connectivity index (χ2v) is 5.23. The van der Waals surface area contributed by atoms with Gasteiger partial charge in [0.25, 0.3) is 5.91 Å². The number of rotatable bonds is 2. The lowest BCUT2D eigenvalue weighted by Crippen LogP contribution is -2.29. The minimum absolute atomic E-state index is 0.0630. The second-order valence-electron chi connectivity index (χ2n) is 4.31. The summed E-state index contributed by atoms with van der Waals surface area (Å²) in [5.74, 6) is 0.0630. The molecule has 0 bridgehead atoms. The van der Waals surface area contributed by atoms with Gasteiger partial charge in [-0.2, -0.15) is 0 Å². The van der Waals surface area contributed by atoms with Crippen molar-refractivity contribution in [2.45, 2.75) is 25.8 Å². The van der Waals surface area contributed by atoms with E-state index in [2.05, 4.69) is 15.9 Å². The molecule has 0 radical (unpaired) electrons. The molecule has 0 spiro atoms. The van der Waals surface area contributed by atoms with Gasteiger partial charge < -0.3 is 10.6 Å². The molecule has 0 aromatic heterocycles. The average molecular weight is 283 g/mol. The molecule has 0 saturated heterocycles. The van der Waals surface area contributed by atoms with Gasteiger partial charge in [-0.05, 0) is 37.5 Å². The summed E-state index contributed by atoms with van der Waals surface area (Å²) in [5, 5.41) is 0. The minimum atomic E-state index is 0.0630. The van der Waals surface area contributed by atoms with Gasteiger partial charge in [0, 0.05) is 28.8 Å². The van der Waals surface area contributed by atoms with Crippen LogP contribution in [0.3, 0.4) is 0 Å². The molecule has 86 valence electrons. The topological polar surface area (TPSA) is 46.3 Å². The van der Waals surface area contributed by atoms with Crippen molar-refractivity contribution in [2.75, 3.05) is 12.8 Å². The molecule has 0 atom stereocenters. The van der Waals surface area contributed by atoms with Crippen LogP contribution in [-0.4, -0.2) is 23.9 Å². The van der Waals surface area contributed by atoms with Gasteiger partial charge in [0.05, 0.1) is 0 Å². The zero-order valence-electron chi connectivity index (χ0n) is 9.46. The highest BCUT2D eigenvalue weighted by Crippen LogP contribution is 2.29. The normalized spacial score (nSPS) is 14.9. The number of nitrogens with two attached hydrogens (primary N) is 1. The third-order valence-electron chi connectivity index (χ3n) is 3.06. The highest BCUT2D eigenvalue weighted by Gasteiger charge is 2.30. The Morgan fingerprint density at radius 1 is 1.50 bits per heavy atom. The summed E-state index contributed by atoms with van der Waals surface area (Å²) in [4.78, 5) is 14.0. The minimum Gasteiger partial charge on any atom is -0.398 e. The molecule has 1 aromatic rings. The Bertz CT molecular complexity index is 441. The fourth-order valence-electron chi connectivity index (χ4n) is 1.74. The van der Waals surface area contributed by atoms with Crippen LogP contribution in [0.15, 0.2) is 16.6 Å². The Morgan fingerprint density at radius 2 is 2.12 bits per heavy atom. The highest BCUT2D eigenvalue weighted by atomic mass is 79.9. The van der Waals surface area contributed by atoms with Crippen molar-refractivity contribution in [3.05, 3.63) is 27.7 Å². The fraction of sp³-hybridized carbons (Fsp3) is 0.417. The summed E-state index contributed by atoms with van der Waals surface area (Å²) in [6.45, 7) is 1.88. The van der Waals surface area contributed by atoms with Crippen molar-refractivity contribution in [3.63, 3.8) is 0 Å². The van der Waals surface area contributed by atoms with Gasteiger partial charge in [-0.25, -0.2) is 0 Å². The quantitative estimate of drug-likeness (QED) is 0.848.